The number of carbonyl (C=O) groups is 1. The van der Waals surface area contributed by atoms with Crippen molar-refractivity contribution in [2.75, 3.05) is 0 Å². The Morgan fingerprint density at radius 2 is 1.87 bits per heavy atom. The number of rotatable bonds is 1. The zero-order valence-corrected chi connectivity index (χ0v) is 9.47. The minimum Gasteiger partial charge on any atom is -0.341 e. The molecule has 0 bridgehead atoms. The number of carbonyl (C=O) groups excluding carboxylic acids is 1. The molecular weight excluding hydrogens is 237 g/mol. The lowest BCUT2D eigenvalue weighted by Crippen LogP contribution is -2.22. The van der Waals surface area contributed by atoms with E-state index in [1.54, 1.807) is 25.1 Å². The highest BCUT2D eigenvalue weighted by molar-refractivity contribution is 6.34. The summed E-state index contributed by atoms with van der Waals surface area (Å²) in [5.41, 5.74) is 0.755. The molecule has 2 rings (SSSR count). The van der Waals surface area contributed by atoms with Crippen LogP contribution in [-0.4, -0.2) is 12.0 Å². The molecule has 0 unspecified atom stereocenters. The molecule has 0 saturated carbocycles. The van der Waals surface area contributed by atoms with Crippen LogP contribution in [0.15, 0.2) is 18.2 Å². The van der Waals surface area contributed by atoms with E-state index in [2.05, 4.69) is 5.32 Å². The van der Waals surface area contributed by atoms with E-state index < -0.39 is 12.3 Å². The van der Waals surface area contributed by atoms with Crippen LogP contribution in [0.1, 0.15) is 18.7 Å². The van der Waals surface area contributed by atoms with Crippen molar-refractivity contribution in [3.8, 4) is 0 Å². The van der Waals surface area contributed by atoms with Gasteiger partial charge in [-0.2, -0.15) is 0 Å². The summed E-state index contributed by atoms with van der Waals surface area (Å²) in [6, 6.07) is 5.07. The first-order chi connectivity index (χ1) is 7.06. The Bertz CT molecular complexity index is 388. The zero-order valence-electron chi connectivity index (χ0n) is 7.96. The number of hydrogen-bond donors (Lipinski definition) is 1. The highest BCUT2D eigenvalue weighted by Gasteiger charge is 2.30. The predicted octanol–water partition coefficient (Wildman–Crippen LogP) is 2.53. The third-order valence-electron chi connectivity index (χ3n) is 2.17. The summed E-state index contributed by atoms with van der Waals surface area (Å²) < 4.78 is 5.39. The molecule has 1 saturated heterocycles. The lowest BCUT2D eigenvalue weighted by Gasteiger charge is -2.11. The van der Waals surface area contributed by atoms with Crippen LogP contribution in [-0.2, 0) is 9.53 Å². The first-order valence-corrected chi connectivity index (χ1v) is 5.23. The summed E-state index contributed by atoms with van der Waals surface area (Å²) in [7, 11) is 0. The standard InChI is InChI=1S/C10H9Cl2NO2/c1-5-9(14)13-10(15-5)6-2-7(11)4-8(12)3-6/h2-5,10H,1H3,(H,13,14)/t5-,10-/m1/s1. The number of amides is 1. The van der Waals surface area contributed by atoms with Gasteiger partial charge in [-0.15, -0.1) is 0 Å². The van der Waals surface area contributed by atoms with Gasteiger partial charge in [0.2, 0.25) is 0 Å². The number of hydrogen-bond acceptors (Lipinski definition) is 2. The van der Waals surface area contributed by atoms with Crippen LogP contribution in [0.5, 0.6) is 0 Å². The molecule has 1 aliphatic rings. The Balaban J connectivity index is 2.27. The lowest BCUT2D eigenvalue weighted by atomic mass is 10.2. The van der Waals surface area contributed by atoms with E-state index in [-0.39, 0.29) is 5.91 Å². The fourth-order valence-electron chi connectivity index (χ4n) is 1.43. The van der Waals surface area contributed by atoms with E-state index in [0.717, 1.165) is 5.56 Å². The maximum atomic E-state index is 11.2. The Morgan fingerprint density at radius 3 is 2.33 bits per heavy atom. The van der Waals surface area contributed by atoms with Crippen molar-refractivity contribution in [2.24, 2.45) is 0 Å². The van der Waals surface area contributed by atoms with Crippen molar-refractivity contribution in [1.82, 2.24) is 5.32 Å². The second kappa shape index (κ2) is 4.00. The summed E-state index contributed by atoms with van der Waals surface area (Å²) in [5.74, 6) is -0.129. The molecule has 15 heavy (non-hydrogen) atoms. The van der Waals surface area contributed by atoms with Crippen molar-refractivity contribution in [2.45, 2.75) is 19.3 Å². The molecule has 1 aliphatic heterocycles. The van der Waals surface area contributed by atoms with Gasteiger partial charge in [0.1, 0.15) is 6.10 Å². The number of benzene rings is 1. The van der Waals surface area contributed by atoms with E-state index in [4.69, 9.17) is 27.9 Å². The van der Waals surface area contributed by atoms with Crippen molar-refractivity contribution < 1.29 is 9.53 Å². The van der Waals surface area contributed by atoms with Crippen molar-refractivity contribution in [1.29, 1.82) is 0 Å². The van der Waals surface area contributed by atoms with E-state index in [1.807, 2.05) is 0 Å². The molecule has 0 radical (unpaired) electrons. The van der Waals surface area contributed by atoms with Crippen LogP contribution >= 0.6 is 23.2 Å². The molecule has 1 aromatic rings. The second-order valence-corrected chi connectivity index (χ2v) is 4.24. The number of halogens is 2. The van der Waals surface area contributed by atoms with Crippen molar-refractivity contribution in [3.63, 3.8) is 0 Å². The van der Waals surface area contributed by atoms with Gasteiger partial charge in [0.25, 0.3) is 5.91 Å². The molecule has 0 spiro atoms. The van der Waals surface area contributed by atoms with E-state index in [9.17, 15) is 4.79 Å². The first-order valence-electron chi connectivity index (χ1n) is 4.48. The highest BCUT2D eigenvalue weighted by atomic mass is 35.5. The van der Waals surface area contributed by atoms with E-state index in [1.165, 1.54) is 0 Å². The molecule has 3 nitrogen and oxygen atoms in total. The van der Waals surface area contributed by atoms with Gasteiger partial charge in [0.15, 0.2) is 6.23 Å². The van der Waals surface area contributed by atoms with Crippen LogP contribution < -0.4 is 5.32 Å². The number of nitrogens with one attached hydrogen (secondary N) is 1. The van der Waals surface area contributed by atoms with Gasteiger partial charge in [0.05, 0.1) is 0 Å². The zero-order chi connectivity index (χ0) is 11.0. The lowest BCUT2D eigenvalue weighted by molar-refractivity contribution is -0.122. The average molecular weight is 246 g/mol. The topological polar surface area (TPSA) is 38.3 Å². The van der Waals surface area contributed by atoms with Gasteiger partial charge in [-0.3, -0.25) is 4.79 Å². The Morgan fingerprint density at radius 1 is 1.27 bits per heavy atom. The summed E-state index contributed by atoms with van der Waals surface area (Å²) in [6.45, 7) is 1.70. The summed E-state index contributed by atoms with van der Waals surface area (Å²) in [4.78, 5) is 11.2. The molecule has 0 aliphatic carbocycles. The number of ether oxygens (including phenoxy) is 1. The Labute approximate surface area is 97.3 Å². The Kier molecular flexibility index (Phi) is 2.87. The fourth-order valence-corrected chi connectivity index (χ4v) is 1.98. The van der Waals surface area contributed by atoms with Crippen LogP contribution in [0, 0.1) is 0 Å². The monoisotopic (exact) mass is 245 g/mol. The second-order valence-electron chi connectivity index (χ2n) is 3.37. The maximum Gasteiger partial charge on any atom is 0.251 e. The largest absolute Gasteiger partial charge is 0.341 e. The van der Waals surface area contributed by atoms with Crippen molar-refractivity contribution >= 4 is 29.1 Å². The molecule has 1 heterocycles. The van der Waals surface area contributed by atoms with Crippen molar-refractivity contribution in [3.05, 3.63) is 33.8 Å². The minimum absolute atomic E-state index is 0.129. The first kappa shape index (κ1) is 10.7. The third-order valence-corrected chi connectivity index (χ3v) is 2.61. The normalized spacial score (nSPS) is 25.4. The van der Waals surface area contributed by atoms with Gasteiger partial charge in [0, 0.05) is 15.6 Å². The molecule has 0 aromatic heterocycles. The smallest absolute Gasteiger partial charge is 0.251 e. The van der Waals surface area contributed by atoms with Gasteiger partial charge in [-0.1, -0.05) is 23.2 Å². The molecule has 80 valence electrons. The van der Waals surface area contributed by atoms with Gasteiger partial charge < -0.3 is 10.1 Å². The summed E-state index contributed by atoms with van der Waals surface area (Å²) in [5, 5.41) is 3.74. The fraction of sp³-hybridized carbons (Fsp3) is 0.300. The SMILES string of the molecule is C[C@H]1O[C@H](c2cc(Cl)cc(Cl)c2)NC1=O. The maximum absolute atomic E-state index is 11.2. The predicted molar refractivity (Wildman–Crippen MR) is 57.9 cm³/mol. The van der Waals surface area contributed by atoms with Gasteiger partial charge in [-0.05, 0) is 25.1 Å². The molecule has 1 fully saturated rings. The highest BCUT2D eigenvalue weighted by Crippen LogP contribution is 2.27. The molecule has 1 amide bonds. The molecular formula is C10H9Cl2NO2. The molecule has 2 atom stereocenters. The Hall–Kier alpha value is -0.770. The summed E-state index contributed by atoms with van der Waals surface area (Å²) in [6.07, 6.45) is -0.892. The summed E-state index contributed by atoms with van der Waals surface area (Å²) >= 11 is 11.7. The van der Waals surface area contributed by atoms with Crippen LogP contribution in [0.2, 0.25) is 10.0 Å². The van der Waals surface area contributed by atoms with E-state index in [0.29, 0.717) is 10.0 Å². The van der Waals surface area contributed by atoms with Gasteiger partial charge in [-0.25, -0.2) is 0 Å². The molecule has 1 N–H and O–H groups in total. The molecule has 5 heteroatoms. The quantitative estimate of drug-likeness (QED) is 0.826. The van der Waals surface area contributed by atoms with Crippen LogP contribution in [0.4, 0.5) is 0 Å². The van der Waals surface area contributed by atoms with Gasteiger partial charge >= 0.3 is 0 Å². The third kappa shape index (κ3) is 2.25. The molecule has 1 aromatic carbocycles. The van der Waals surface area contributed by atoms with Crippen LogP contribution in [0.3, 0.4) is 0 Å². The average Bonchev–Trinajstić information content (AvgIpc) is 2.45. The van der Waals surface area contributed by atoms with E-state index >= 15 is 0 Å². The minimum atomic E-state index is -0.455. The van der Waals surface area contributed by atoms with Crippen LogP contribution in [0.25, 0.3) is 0 Å².